The van der Waals surface area contributed by atoms with Crippen LogP contribution in [0, 0.1) is 34.0 Å². The lowest BCUT2D eigenvalue weighted by Gasteiger charge is -2.18. The Labute approximate surface area is 188 Å². The number of carbonyl (C=O) groups excluding carboxylic acids is 1. The van der Waals surface area contributed by atoms with Gasteiger partial charge in [0, 0.05) is 50.7 Å². The van der Waals surface area contributed by atoms with E-state index in [9.17, 15) is 20.6 Å². The van der Waals surface area contributed by atoms with Gasteiger partial charge in [0.25, 0.3) is 0 Å². The fourth-order valence-corrected chi connectivity index (χ4v) is 3.12. The normalized spacial score (nSPS) is 10.6. The zero-order valence-electron chi connectivity index (χ0n) is 18.7. The molecule has 0 aromatic heterocycles. The average molecular weight is 425 g/mol. The fraction of sp³-hybridized carbons (Fsp3) is 0.200. The number of ether oxygens (including phenoxy) is 1. The molecule has 2 rings (SSSR count). The summed E-state index contributed by atoms with van der Waals surface area (Å²) in [4.78, 5) is 16.3. The van der Waals surface area contributed by atoms with Crippen molar-refractivity contribution in [3.63, 3.8) is 0 Å². The first-order valence-corrected chi connectivity index (χ1v) is 9.62. The average Bonchev–Trinajstić information content (AvgIpc) is 2.81. The molecule has 0 aliphatic carbocycles. The highest BCUT2D eigenvalue weighted by atomic mass is 16.5. The molecule has 0 heterocycles. The lowest BCUT2D eigenvalue weighted by atomic mass is 9.86. The van der Waals surface area contributed by atoms with Crippen LogP contribution in [0.2, 0.25) is 0 Å². The van der Waals surface area contributed by atoms with E-state index in [-0.39, 0.29) is 22.3 Å². The number of esters is 1. The van der Waals surface area contributed by atoms with Crippen molar-refractivity contribution in [3.05, 3.63) is 70.8 Å². The fourth-order valence-electron chi connectivity index (χ4n) is 3.12. The second-order valence-corrected chi connectivity index (χ2v) is 7.21. The van der Waals surface area contributed by atoms with Crippen LogP contribution in [-0.4, -0.2) is 41.3 Å². The van der Waals surface area contributed by atoms with Crippen molar-refractivity contribution in [3.8, 4) is 18.2 Å². The Balaban J connectivity index is 2.94. The summed E-state index contributed by atoms with van der Waals surface area (Å²) in [7, 11) is 8.75. The molecule has 7 nitrogen and oxygen atoms in total. The molecule has 0 bridgehead atoms. The number of methoxy groups -OCH3 is 1. The third kappa shape index (κ3) is 4.95. The minimum atomic E-state index is -0.850. The highest BCUT2D eigenvalue weighted by molar-refractivity contribution is 6.17. The summed E-state index contributed by atoms with van der Waals surface area (Å²) in [6.45, 7) is 0. The number of carbonyl (C=O) groups is 1. The first-order valence-electron chi connectivity index (χ1n) is 9.62. The molecule has 2 aromatic carbocycles. The van der Waals surface area contributed by atoms with Gasteiger partial charge in [-0.05, 0) is 35.4 Å². The SMILES string of the molecule is COC(=O)/C(C#N)=C(/C(=C(C#N)C#N)c1ccc(N(C)C)cc1)c1ccc(N(C)C)cc1. The van der Waals surface area contributed by atoms with Crippen LogP contribution in [0.1, 0.15) is 11.1 Å². The minimum Gasteiger partial charge on any atom is -0.465 e. The highest BCUT2D eigenvalue weighted by Gasteiger charge is 2.25. The second kappa shape index (κ2) is 10.5. The van der Waals surface area contributed by atoms with E-state index >= 15 is 0 Å². The lowest BCUT2D eigenvalue weighted by Crippen LogP contribution is -2.10. The zero-order chi connectivity index (χ0) is 23.8. The number of hydrogen-bond acceptors (Lipinski definition) is 7. The van der Waals surface area contributed by atoms with Crippen LogP contribution < -0.4 is 9.80 Å². The largest absolute Gasteiger partial charge is 0.465 e. The van der Waals surface area contributed by atoms with Crippen molar-refractivity contribution >= 4 is 28.5 Å². The van der Waals surface area contributed by atoms with E-state index in [0.29, 0.717) is 11.1 Å². The van der Waals surface area contributed by atoms with Crippen LogP contribution in [0.15, 0.2) is 59.7 Å². The number of nitriles is 3. The predicted molar refractivity (Wildman–Crippen MR) is 124 cm³/mol. The Morgan fingerprint density at radius 3 is 1.44 bits per heavy atom. The van der Waals surface area contributed by atoms with Gasteiger partial charge < -0.3 is 14.5 Å². The summed E-state index contributed by atoms with van der Waals surface area (Å²) in [6.07, 6.45) is 0. The molecule has 0 amide bonds. The molecule has 160 valence electrons. The number of anilines is 2. The Kier molecular flexibility index (Phi) is 7.77. The van der Waals surface area contributed by atoms with Crippen molar-refractivity contribution < 1.29 is 9.53 Å². The summed E-state index contributed by atoms with van der Waals surface area (Å²) < 4.78 is 4.83. The smallest absolute Gasteiger partial charge is 0.349 e. The Hall–Kier alpha value is -4.54. The van der Waals surface area contributed by atoms with Gasteiger partial charge in [-0.2, -0.15) is 15.8 Å². The minimum absolute atomic E-state index is 0.167. The maximum Gasteiger partial charge on any atom is 0.349 e. The van der Waals surface area contributed by atoms with Gasteiger partial charge in [0.05, 0.1) is 7.11 Å². The monoisotopic (exact) mass is 425 g/mol. The lowest BCUT2D eigenvalue weighted by molar-refractivity contribution is -0.135. The van der Waals surface area contributed by atoms with E-state index in [2.05, 4.69) is 0 Å². The molecule has 0 aliphatic rings. The molecular weight excluding hydrogens is 402 g/mol. The summed E-state index contributed by atoms with van der Waals surface area (Å²) in [5.74, 6) is -0.850. The zero-order valence-corrected chi connectivity index (χ0v) is 18.7. The highest BCUT2D eigenvalue weighted by Crippen LogP contribution is 2.37. The molecule has 0 atom stereocenters. The van der Waals surface area contributed by atoms with Gasteiger partial charge in [-0.1, -0.05) is 24.3 Å². The Morgan fingerprint density at radius 2 is 1.12 bits per heavy atom. The molecule has 0 fully saturated rings. The summed E-state index contributed by atoms with van der Waals surface area (Å²) in [6, 6.07) is 20.0. The molecule has 0 unspecified atom stereocenters. The number of allylic oxidation sites excluding steroid dienone is 3. The quantitative estimate of drug-likeness (QED) is 0.300. The number of hydrogen-bond donors (Lipinski definition) is 0. The molecule has 0 N–H and O–H groups in total. The molecule has 0 aliphatic heterocycles. The van der Waals surface area contributed by atoms with E-state index in [1.807, 2.05) is 80.5 Å². The van der Waals surface area contributed by atoms with Crippen LogP contribution in [0.25, 0.3) is 11.1 Å². The molecular formula is C25H23N5O2. The predicted octanol–water partition coefficient (Wildman–Crippen LogP) is 3.77. The van der Waals surface area contributed by atoms with Gasteiger partial charge in [0.1, 0.15) is 29.4 Å². The Bertz CT molecular complexity index is 1170. The Morgan fingerprint density at radius 1 is 0.719 bits per heavy atom. The first-order chi connectivity index (χ1) is 15.3. The van der Waals surface area contributed by atoms with Gasteiger partial charge >= 0.3 is 5.97 Å². The van der Waals surface area contributed by atoms with Crippen molar-refractivity contribution in [1.82, 2.24) is 0 Å². The van der Waals surface area contributed by atoms with Gasteiger partial charge in [-0.25, -0.2) is 4.79 Å². The van der Waals surface area contributed by atoms with Crippen molar-refractivity contribution in [2.24, 2.45) is 0 Å². The molecule has 7 heteroatoms. The third-order valence-corrected chi connectivity index (χ3v) is 4.82. The van der Waals surface area contributed by atoms with E-state index in [0.717, 1.165) is 11.4 Å². The molecule has 0 radical (unpaired) electrons. The molecule has 0 saturated heterocycles. The van der Waals surface area contributed by atoms with Crippen LogP contribution in [-0.2, 0) is 9.53 Å². The molecule has 0 saturated carbocycles. The van der Waals surface area contributed by atoms with E-state index in [4.69, 9.17) is 4.74 Å². The number of benzene rings is 2. The summed E-state index contributed by atoms with van der Waals surface area (Å²) in [5.41, 5.74) is 2.71. The third-order valence-electron chi connectivity index (χ3n) is 4.82. The van der Waals surface area contributed by atoms with Crippen molar-refractivity contribution in [2.75, 3.05) is 45.1 Å². The van der Waals surface area contributed by atoms with E-state index in [1.54, 1.807) is 24.3 Å². The topological polar surface area (TPSA) is 104 Å². The molecule has 2 aromatic rings. The summed E-state index contributed by atoms with van der Waals surface area (Å²) in [5, 5.41) is 29.2. The summed E-state index contributed by atoms with van der Waals surface area (Å²) >= 11 is 0. The second-order valence-electron chi connectivity index (χ2n) is 7.21. The van der Waals surface area contributed by atoms with E-state index < -0.39 is 5.97 Å². The maximum atomic E-state index is 12.5. The maximum absolute atomic E-state index is 12.5. The van der Waals surface area contributed by atoms with Gasteiger partial charge in [0.2, 0.25) is 0 Å². The van der Waals surface area contributed by atoms with Crippen molar-refractivity contribution in [2.45, 2.75) is 0 Å². The van der Waals surface area contributed by atoms with Crippen molar-refractivity contribution in [1.29, 1.82) is 15.8 Å². The number of rotatable bonds is 6. The van der Waals surface area contributed by atoms with E-state index in [1.165, 1.54) is 7.11 Å². The van der Waals surface area contributed by atoms with Crippen LogP contribution >= 0.6 is 0 Å². The van der Waals surface area contributed by atoms with Gasteiger partial charge in [-0.15, -0.1) is 0 Å². The first kappa shape index (κ1) is 23.7. The molecule has 0 spiro atoms. The molecule has 32 heavy (non-hydrogen) atoms. The van der Waals surface area contributed by atoms with Crippen LogP contribution in [0.5, 0.6) is 0 Å². The number of nitrogens with zero attached hydrogens (tertiary/aromatic N) is 5. The standard InChI is InChI=1S/C25H23N5O2/c1-29(2)20-10-6-17(7-11-20)23(19(14-26)15-27)24(22(16-28)25(31)32-5)18-8-12-21(13-9-18)30(3)4/h6-13H,1-5H3/b24-22+. The van der Waals surface area contributed by atoms with Gasteiger partial charge in [0.15, 0.2) is 0 Å². The van der Waals surface area contributed by atoms with Crippen LogP contribution in [0.3, 0.4) is 0 Å². The van der Waals surface area contributed by atoms with Crippen LogP contribution in [0.4, 0.5) is 11.4 Å². The van der Waals surface area contributed by atoms with Gasteiger partial charge in [-0.3, -0.25) is 0 Å².